The van der Waals surface area contributed by atoms with Crippen molar-refractivity contribution in [3.8, 4) is 17.2 Å². The molecule has 0 radical (unpaired) electrons. The number of hydrogen-bond donors (Lipinski definition) is 0. The van der Waals surface area contributed by atoms with Crippen molar-refractivity contribution in [2.45, 2.75) is 6.61 Å². The predicted octanol–water partition coefficient (Wildman–Crippen LogP) is 4.18. The average molecular weight is 399 g/mol. The van der Waals surface area contributed by atoms with Gasteiger partial charge < -0.3 is 13.6 Å². The van der Waals surface area contributed by atoms with E-state index in [1.807, 2.05) is 30.3 Å². The Kier molecular flexibility index (Phi) is 4.07. The first-order valence-electron chi connectivity index (χ1n) is 7.42. The molecule has 4 rings (SSSR count). The molecule has 0 aliphatic rings. The Hall–Kier alpha value is -2.93. The zero-order valence-corrected chi connectivity index (χ0v) is 14.4. The number of aromatic nitrogens is 2. The Morgan fingerprint density at radius 1 is 1.00 bits per heavy atom. The van der Waals surface area contributed by atoms with E-state index in [0.29, 0.717) is 23.1 Å². The van der Waals surface area contributed by atoms with Gasteiger partial charge in [0, 0.05) is 27.6 Å². The van der Waals surface area contributed by atoms with E-state index < -0.39 is 5.63 Å². The van der Waals surface area contributed by atoms with Crippen molar-refractivity contribution in [3.05, 3.63) is 75.4 Å². The lowest BCUT2D eigenvalue weighted by Gasteiger charge is -2.04. The summed E-state index contributed by atoms with van der Waals surface area (Å²) in [6, 6.07) is 15.9. The van der Waals surface area contributed by atoms with Gasteiger partial charge in [0.05, 0.1) is 0 Å². The van der Waals surface area contributed by atoms with Crippen LogP contribution in [-0.2, 0) is 6.61 Å². The lowest BCUT2D eigenvalue weighted by atomic mass is 10.2. The molecule has 0 amide bonds. The summed E-state index contributed by atoms with van der Waals surface area (Å²) in [7, 11) is 0. The molecule has 0 unspecified atom stereocenters. The molecule has 2 aromatic carbocycles. The van der Waals surface area contributed by atoms with Crippen LogP contribution in [0.4, 0.5) is 0 Å². The summed E-state index contributed by atoms with van der Waals surface area (Å²) < 4.78 is 17.3. The third-order valence-corrected chi connectivity index (χ3v) is 3.99. The van der Waals surface area contributed by atoms with Crippen LogP contribution in [0.25, 0.3) is 22.4 Å². The topological polar surface area (TPSA) is 78.4 Å². The fraction of sp³-hybridized carbons (Fsp3) is 0.0556. The molecule has 2 heterocycles. The number of hydrogen-bond acceptors (Lipinski definition) is 6. The van der Waals surface area contributed by atoms with Crippen LogP contribution < -0.4 is 10.4 Å². The van der Waals surface area contributed by atoms with Crippen LogP contribution in [0.3, 0.4) is 0 Å². The summed E-state index contributed by atoms with van der Waals surface area (Å²) in [5.74, 6) is 1.32. The number of rotatable bonds is 4. The van der Waals surface area contributed by atoms with Gasteiger partial charge in [0.1, 0.15) is 11.3 Å². The Balaban J connectivity index is 1.51. The zero-order valence-electron chi connectivity index (χ0n) is 12.8. The molecule has 0 aliphatic carbocycles. The van der Waals surface area contributed by atoms with Gasteiger partial charge in [-0.1, -0.05) is 22.0 Å². The molecule has 0 N–H and O–H groups in total. The first-order chi connectivity index (χ1) is 12.2. The molecular formula is C18H11BrN2O4. The van der Waals surface area contributed by atoms with Crippen LogP contribution in [-0.4, -0.2) is 10.2 Å². The molecule has 0 saturated heterocycles. The Morgan fingerprint density at radius 3 is 2.76 bits per heavy atom. The van der Waals surface area contributed by atoms with E-state index in [-0.39, 0.29) is 6.61 Å². The highest BCUT2D eigenvalue weighted by molar-refractivity contribution is 9.10. The summed E-state index contributed by atoms with van der Waals surface area (Å²) in [6.45, 7) is 0.115. The number of nitrogens with zero attached hydrogens (tertiary/aromatic N) is 2. The second kappa shape index (κ2) is 6.52. The van der Waals surface area contributed by atoms with E-state index >= 15 is 0 Å². The van der Waals surface area contributed by atoms with Crippen molar-refractivity contribution in [1.29, 1.82) is 0 Å². The van der Waals surface area contributed by atoms with E-state index in [1.165, 1.54) is 6.07 Å². The van der Waals surface area contributed by atoms with E-state index in [0.717, 1.165) is 15.4 Å². The Bertz CT molecular complexity index is 1100. The van der Waals surface area contributed by atoms with Gasteiger partial charge in [0.2, 0.25) is 5.89 Å². The van der Waals surface area contributed by atoms with E-state index in [1.54, 1.807) is 18.2 Å². The molecule has 0 aliphatic heterocycles. The summed E-state index contributed by atoms with van der Waals surface area (Å²) in [4.78, 5) is 11.3. The van der Waals surface area contributed by atoms with Gasteiger partial charge in [0.15, 0.2) is 6.61 Å². The molecular weight excluding hydrogens is 388 g/mol. The summed E-state index contributed by atoms with van der Waals surface area (Å²) in [5, 5.41) is 8.83. The summed E-state index contributed by atoms with van der Waals surface area (Å²) >= 11 is 3.41. The Morgan fingerprint density at radius 2 is 1.88 bits per heavy atom. The Labute approximate surface area is 150 Å². The first kappa shape index (κ1) is 15.6. The minimum absolute atomic E-state index is 0.115. The van der Waals surface area contributed by atoms with Gasteiger partial charge in [-0.2, -0.15) is 0 Å². The van der Waals surface area contributed by atoms with Crippen LogP contribution >= 0.6 is 15.9 Å². The lowest BCUT2D eigenvalue weighted by molar-refractivity contribution is 0.264. The summed E-state index contributed by atoms with van der Waals surface area (Å²) in [5.41, 5.74) is 0.881. The van der Waals surface area contributed by atoms with Gasteiger partial charge in [0.25, 0.3) is 5.89 Å². The second-order valence-corrected chi connectivity index (χ2v) is 6.17. The predicted molar refractivity (Wildman–Crippen MR) is 94.3 cm³/mol. The van der Waals surface area contributed by atoms with Crippen LogP contribution in [0.2, 0.25) is 0 Å². The fourth-order valence-corrected chi connectivity index (χ4v) is 2.73. The van der Waals surface area contributed by atoms with Gasteiger partial charge in [-0.05, 0) is 36.4 Å². The van der Waals surface area contributed by atoms with Crippen LogP contribution in [0.5, 0.6) is 5.75 Å². The smallest absolute Gasteiger partial charge is 0.336 e. The van der Waals surface area contributed by atoms with Gasteiger partial charge in [-0.15, -0.1) is 10.2 Å². The maximum Gasteiger partial charge on any atom is 0.336 e. The minimum Gasteiger partial charge on any atom is -0.484 e. The monoisotopic (exact) mass is 398 g/mol. The maximum absolute atomic E-state index is 11.3. The quantitative estimate of drug-likeness (QED) is 0.479. The molecule has 0 fully saturated rings. The zero-order chi connectivity index (χ0) is 17.2. The van der Waals surface area contributed by atoms with Crippen molar-refractivity contribution in [1.82, 2.24) is 10.2 Å². The van der Waals surface area contributed by atoms with Gasteiger partial charge >= 0.3 is 5.63 Å². The van der Waals surface area contributed by atoms with Crippen LogP contribution in [0, 0.1) is 0 Å². The largest absolute Gasteiger partial charge is 0.484 e. The normalized spacial score (nSPS) is 10.9. The maximum atomic E-state index is 11.3. The average Bonchev–Trinajstić information content (AvgIpc) is 3.08. The van der Waals surface area contributed by atoms with Crippen molar-refractivity contribution in [2.24, 2.45) is 0 Å². The molecule has 0 bridgehead atoms. The molecule has 0 saturated carbocycles. The fourth-order valence-electron chi connectivity index (χ4n) is 2.33. The minimum atomic E-state index is -0.403. The lowest BCUT2D eigenvalue weighted by Crippen LogP contribution is -1.97. The third kappa shape index (κ3) is 3.46. The third-order valence-electron chi connectivity index (χ3n) is 3.50. The molecule has 124 valence electrons. The highest BCUT2D eigenvalue weighted by Crippen LogP contribution is 2.23. The number of benzene rings is 2. The highest BCUT2D eigenvalue weighted by Gasteiger charge is 2.10. The number of fused-ring (bicyclic) bond motifs is 1. The summed E-state index contributed by atoms with van der Waals surface area (Å²) in [6.07, 6.45) is 0. The second-order valence-electron chi connectivity index (χ2n) is 5.25. The van der Waals surface area contributed by atoms with Crippen LogP contribution in [0.1, 0.15) is 5.89 Å². The standard InChI is InChI=1S/C18H11BrN2O4/c19-13-3-1-2-12(8-13)18-21-20-16(25-18)10-23-14-6-4-11-5-7-17(22)24-15(11)9-14/h1-9H,10H2. The molecule has 0 spiro atoms. The van der Waals surface area contributed by atoms with Crippen molar-refractivity contribution >= 4 is 26.9 Å². The first-order valence-corrected chi connectivity index (χ1v) is 8.22. The van der Waals surface area contributed by atoms with Crippen molar-refractivity contribution in [3.63, 3.8) is 0 Å². The molecule has 0 atom stereocenters. The number of ether oxygens (including phenoxy) is 1. The molecule has 7 heteroatoms. The van der Waals surface area contributed by atoms with E-state index in [9.17, 15) is 4.79 Å². The molecule has 4 aromatic rings. The van der Waals surface area contributed by atoms with Crippen molar-refractivity contribution in [2.75, 3.05) is 0 Å². The molecule has 25 heavy (non-hydrogen) atoms. The highest BCUT2D eigenvalue weighted by atomic mass is 79.9. The number of halogens is 1. The SMILES string of the molecule is O=c1ccc2ccc(OCc3nnc(-c4cccc(Br)c4)o3)cc2o1. The van der Waals surface area contributed by atoms with Gasteiger partial charge in [-0.25, -0.2) is 4.79 Å². The molecule has 2 aromatic heterocycles. The van der Waals surface area contributed by atoms with Crippen molar-refractivity contribution < 1.29 is 13.6 Å². The van der Waals surface area contributed by atoms with Gasteiger partial charge in [-0.3, -0.25) is 0 Å². The molecule has 6 nitrogen and oxygen atoms in total. The van der Waals surface area contributed by atoms with E-state index in [2.05, 4.69) is 26.1 Å². The van der Waals surface area contributed by atoms with Crippen LogP contribution in [0.15, 0.2) is 72.7 Å². The van der Waals surface area contributed by atoms with E-state index in [4.69, 9.17) is 13.6 Å².